The lowest BCUT2D eigenvalue weighted by molar-refractivity contribution is -0.144. The summed E-state index contributed by atoms with van der Waals surface area (Å²) in [5, 5.41) is 11.7. The number of carboxylic acids is 1. The van der Waals surface area contributed by atoms with Crippen molar-refractivity contribution in [1.82, 2.24) is 5.32 Å². The zero-order valence-corrected chi connectivity index (χ0v) is 11.3. The van der Waals surface area contributed by atoms with Crippen LogP contribution in [-0.4, -0.2) is 22.5 Å². The number of carbonyl (C=O) groups excluding carboxylic acids is 1. The van der Waals surface area contributed by atoms with E-state index in [0.29, 0.717) is 18.4 Å². The Morgan fingerprint density at radius 2 is 2.05 bits per heavy atom. The molecule has 1 aromatic rings. The van der Waals surface area contributed by atoms with Gasteiger partial charge in [0.2, 0.25) is 0 Å². The normalized spacial score (nSPS) is 13.7. The van der Waals surface area contributed by atoms with Gasteiger partial charge < -0.3 is 10.4 Å². The Balaban J connectivity index is 2.97. The van der Waals surface area contributed by atoms with E-state index in [0.717, 1.165) is 0 Å². The van der Waals surface area contributed by atoms with Crippen LogP contribution < -0.4 is 5.32 Å². The van der Waals surface area contributed by atoms with E-state index in [1.54, 1.807) is 6.92 Å². The summed E-state index contributed by atoms with van der Waals surface area (Å²) in [7, 11) is 0. The van der Waals surface area contributed by atoms with Crippen molar-refractivity contribution in [2.75, 3.05) is 0 Å². The van der Waals surface area contributed by atoms with Gasteiger partial charge in [-0.3, -0.25) is 4.79 Å². The van der Waals surface area contributed by atoms with Crippen molar-refractivity contribution in [2.24, 2.45) is 0 Å². The van der Waals surface area contributed by atoms with Gasteiger partial charge in [0.25, 0.3) is 5.91 Å². The molecule has 0 bridgehead atoms. The summed E-state index contributed by atoms with van der Waals surface area (Å²) in [6.45, 7) is 4.92. The first-order chi connectivity index (χ1) is 8.80. The van der Waals surface area contributed by atoms with Crippen LogP contribution in [0.15, 0.2) is 18.2 Å². The molecule has 0 aliphatic heterocycles. The highest BCUT2D eigenvalue weighted by atomic mass is 19.1. The summed E-state index contributed by atoms with van der Waals surface area (Å²) in [5.74, 6) is -2.01. The lowest BCUT2D eigenvalue weighted by Crippen LogP contribution is -2.52. The molecule has 2 N–H and O–H groups in total. The molecule has 1 unspecified atom stereocenters. The van der Waals surface area contributed by atoms with Crippen molar-refractivity contribution < 1.29 is 19.1 Å². The molecule has 4 nitrogen and oxygen atoms in total. The van der Waals surface area contributed by atoms with Crippen molar-refractivity contribution in [1.29, 1.82) is 0 Å². The number of halogens is 1. The molecule has 0 aliphatic rings. The smallest absolute Gasteiger partial charge is 0.329 e. The van der Waals surface area contributed by atoms with Crippen molar-refractivity contribution >= 4 is 11.9 Å². The van der Waals surface area contributed by atoms with E-state index in [9.17, 15) is 19.1 Å². The lowest BCUT2D eigenvalue weighted by atomic mass is 9.95. The number of hydrogen-bond donors (Lipinski definition) is 2. The highest BCUT2D eigenvalue weighted by molar-refractivity contribution is 5.98. The van der Waals surface area contributed by atoms with Crippen LogP contribution in [-0.2, 0) is 4.79 Å². The first-order valence-electron chi connectivity index (χ1n) is 6.12. The fraction of sp³-hybridized carbons (Fsp3) is 0.429. The third-order valence-corrected chi connectivity index (χ3v) is 3.04. The minimum absolute atomic E-state index is 0.282. The second kappa shape index (κ2) is 5.82. The van der Waals surface area contributed by atoms with E-state index in [1.807, 2.05) is 6.92 Å². The van der Waals surface area contributed by atoms with Crippen molar-refractivity contribution in [2.45, 2.75) is 39.2 Å². The molecular weight excluding hydrogens is 249 g/mol. The fourth-order valence-corrected chi connectivity index (χ4v) is 1.92. The molecule has 0 heterocycles. The van der Waals surface area contributed by atoms with Crippen LogP contribution >= 0.6 is 0 Å². The number of hydrogen-bond acceptors (Lipinski definition) is 2. The summed E-state index contributed by atoms with van der Waals surface area (Å²) < 4.78 is 13.0. The van der Waals surface area contributed by atoms with Crippen LogP contribution in [0.3, 0.4) is 0 Å². The van der Waals surface area contributed by atoms with Crippen LogP contribution in [0.25, 0.3) is 0 Å². The summed E-state index contributed by atoms with van der Waals surface area (Å²) in [4.78, 5) is 23.3. The molecule has 0 radical (unpaired) electrons. The Kier molecular flexibility index (Phi) is 4.64. The molecular formula is C14H18FNO3. The van der Waals surface area contributed by atoms with Gasteiger partial charge in [-0.25, -0.2) is 9.18 Å². The first kappa shape index (κ1) is 15.1. The topological polar surface area (TPSA) is 66.4 Å². The molecule has 1 amide bonds. The fourth-order valence-electron chi connectivity index (χ4n) is 1.92. The average Bonchev–Trinajstić information content (AvgIpc) is 2.28. The van der Waals surface area contributed by atoms with Gasteiger partial charge in [0.05, 0.1) is 0 Å². The maximum Gasteiger partial charge on any atom is 0.329 e. The highest BCUT2D eigenvalue weighted by Crippen LogP contribution is 2.16. The largest absolute Gasteiger partial charge is 0.480 e. The van der Waals surface area contributed by atoms with Crippen LogP contribution in [0.2, 0.25) is 0 Å². The third-order valence-electron chi connectivity index (χ3n) is 3.04. The quantitative estimate of drug-likeness (QED) is 0.861. The second-order valence-electron chi connectivity index (χ2n) is 4.80. The van der Waals surface area contributed by atoms with Gasteiger partial charge in [0, 0.05) is 5.56 Å². The molecule has 0 aromatic heterocycles. The van der Waals surface area contributed by atoms with E-state index in [2.05, 4.69) is 5.32 Å². The number of rotatable bonds is 5. The van der Waals surface area contributed by atoms with Crippen LogP contribution in [0.4, 0.5) is 4.39 Å². The predicted molar refractivity (Wildman–Crippen MR) is 69.6 cm³/mol. The molecule has 1 atom stereocenters. The molecule has 1 rings (SSSR count). The zero-order chi connectivity index (χ0) is 14.6. The van der Waals surface area contributed by atoms with Crippen molar-refractivity contribution in [3.8, 4) is 0 Å². The van der Waals surface area contributed by atoms with E-state index in [-0.39, 0.29) is 5.56 Å². The van der Waals surface area contributed by atoms with Gasteiger partial charge in [-0.15, -0.1) is 0 Å². The number of amides is 1. The van der Waals surface area contributed by atoms with Gasteiger partial charge in [0.1, 0.15) is 11.4 Å². The van der Waals surface area contributed by atoms with E-state index < -0.39 is 23.2 Å². The van der Waals surface area contributed by atoms with E-state index in [4.69, 9.17) is 0 Å². The van der Waals surface area contributed by atoms with Crippen LogP contribution in [0.1, 0.15) is 42.6 Å². The van der Waals surface area contributed by atoms with E-state index in [1.165, 1.54) is 25.1 Å². The number of carboxylic acid groups (broad SMARTS) is 1. The van der Waals surface area contributed by atoms with Crippen molar-refractivity contribution in [3.63, 3.8) is 0 Å². The Morgan fingerprint density at radius 3 is 2.53 bits per heavy atom. The average molecular weight is 267 g/mol. The van der Waals surface area contributed by atoms with Gasteiger partial charge in [-0.2, -0.15) is 0 Å². The highest BCUT2D eigenvalue weighted by Gasteiger charge is 2.34. The Bertz CT molecular complexity index is 501. The lowest BCUT2D eigenvalue weighted by Gasteiger charge is -2.26. The SMILES string of the molecule is CCCC(C)(NC(=O)c1ccc(F)cc1C)C(=O)O. The summed E-state index contributed by atoms with van der Waals surface area (Å²) in [6.07, 6.45) is 0.958. The molecule has 0 saturated heterocycles. The Labute approximate surface area is 111 Å². The molecule has 0 saturated carbocycles. The first-order valence-corrected chi connectivity index (χ1v) is 6.12. The van der Waals surface area contributed by atoms with Gasteiger partial charge in [0.15, 0.2) is 0 Å². The molecule has 104 valence electrons. The molecule has 0 aliphatic carbocycles. The van der Waals surface area contributed by atoms with Gasteiger partial charge >= 0.3 is 5.97 Å². The standard InChI is InChI=1S/C14H18FNO3/c1-4-7-14(3,13(18)19)16-12(17)11-6-5-10(15)8-9(11)2/h5-6,8H,4,7H2,1-3H3,(H,16,17)(H,18,19). The van der Waals surface area contributed by atoms with Crippen molar-refractivity contribution in [3.05, 3.63) is 35.1 Å². The molecule has 5 heteroatoms. The number of aliphatic carboxylic acids is 1. The minimum atomic E-state index is -1.31. The molecule has 0 fully saturated rings. The maximum absolute atomic E-state index is 13.0. The van der Waals surface area contributed by atoms with Crippen LogP contribution in [0.5, 0.6) is 0 Å². The summed E-state index contributed by atoms with van der Waals surface area (Å²) in [5.41, 5.74) is -0.557. The Morgan fingerprint density at radius 1 is 1.42 bits per heavy atom. The molecule has 0 spiro atoms. The number of nitrogens with one attached hydrogen (secondary N) is 1. The monoisotopic (exact) mass is 267 g/mol. The third kappa shape index (κ3) is 3.53. The predicted octanol–water partition coefficient (Wildman–Crippen LogP) is 2.51. The maximum atomic E-state index is 13.0. The molecule has 1 aromatic carbocycles. The minimum Gasteiger partial charge on any atom is -0.480 e. The Hall–Kier alpha value is -1.91. The van der Waals surface area contributed by atoms with Gasteiger partial charge in [-0.1, -0.05) is 13.3 Å². The number of aryl methyl sites for hydroxylation is 1. The van der Waals surface area contributed by atoms with E-state index >= 15 is 0 Å². The number of benzene rings is 1. The zero-order valence-electron chi connectivity index (χ0n) is 11.3. The summed E-state index contributed by atoms with van der Waals surface area (Å²) in [6, 6.07) is 3.78. The summed E-state index contributed by atoms with van der Waals surface area (Å²) >= 11 is 0. The number of carbonyl (C=O) groups is 2. The molecule has 19 heavy (non-hydrogen) atoms. The second-order valence-corrected chi connectivity index (χ2v) is 4.80. The van der Waals surface area contributed by atoms with Crippen LogP contribution in [0, 0.1) is 12.7 Å². The van der Waals surface area contributed by atoms with Gasteiger partial charge in [-0.05, 0) is 44.0 Å².